The maximum Gasteiger partial charge on any atom is 0.272 e. The van der Waals surface area contributed by atoms with Crippen molar-refractivity contribution in [3.8, 4) is 0 Å². The van der Waals surface area contributed by atoms with E-state index in [1.54, 1.807) is 16.8 Å². The molecular weight excluding hydrogens is 400 g/mol. The molecule has 1 aliphatic heterocycles. The van der Waals surface area contributed by atoms with Gasteiger partial charge in [-0.15, -0.1) is 0 Å². The SMILES string of the molecule is Cc1cccc(CN2CCCn3nc(C(=O)NCc4ccccc4Cl)cc3C2=O)c1. The van der Waals surface area contributed by atoms with Gasteiger partial charge < -0.3 is 10.2 Å². The Balaban J connectivity index is 1.48. The van der Waals surface area contributed by atoms with Crippen LogP contribution in [0.1, 0.15) is 44.1 Å². The first kappa shape index (κ1) is 20.2. The highest BCUT2D eigenvalue weighted by molar-refractivity contribution is 6.31. The molecule has 0 saturated heterocycles. The summed E-state index contributed by atoms with van der Waals surface area (Å²) < 4.78 is 1.64. The third-order valence-corrected chi connectivity index (χ3v) is 5.54. The smallest absolute Gasteiger partial charge is 0.272 e. The van der Waals surface area contributed by atoms with Crippen molar-refractivity contribution in [1.82, 2.24) is 20.0 Å². The highest BCUT2D eigenvalue weighted by Gasteiger charge is 2.26. The van der Waals surface area contributed by atoms with Crippen molar-refractivity contribution >= 4 is 23.4 Å². The lowest BCUT2D eigenvalue weighted by Crippen LogP contribution is -2.30. The average molecular weight is 423 g/mol. The maximum absolute atomic E-state index is 13.1. The second-order valence-electron chi connectivity index (χ2n) is 7.48. The minimum atomic E-state index is -0.325. The molecule has 0 aliphatic carbocycles. The summed E-state index contributed by atoms with van der Waals surface area (Å²) in [5.74, 6) is -0.430. The molecule has 0 radical (unpaired) electrons. The number of rotatable bonds is 5. The topological polar surface area (TPSA) is 67.2 Å². The number of carbonyl (C=O) groups excluding carboxylic acids is 2. The minimum Gasteiger partial charge on any atom is -0.347 e. The molecular formula is C23H23ClN4O2. The number of aromatic nitrogens is 2. The van der Waals surface area contributed by atoms with E-state index in [4.69, 9.17) is 11.6 Å². The van der Waals surface area contributed by atoms with Crippen LogP contribution in [0.5, 0.6) is 0 Å². The molecule has 0 bridgehead atoms. The zero-order chi connectivity index (χ0) is 21.1. The molecule has 1 aliphatic rings. The summed E-state index contributed by atoms with van der Waals surface area (Å²) in [7, 11) is 0. The minimum absolute atomic E-state index is 0.105. The lowest BCUT2D eigenvalue weighted by Gasteiger charge is -2.20. The standard InChI is InChI=1S/C23H23ClN4O2/c1-16-6-4-7-17(12-16)15-27-10-5-11-28-21(23(27)30)13-20(26-28)22(29)25-14-18-8-2-3-9-19(18)24/h2-4,6-9,12-13H,5,10-11,14-15H2,1H3,(H,25,29). The molecule has 7 heteroatoms. The number of hydrogen-bond acceptors (Lipinski definition) is 3. The predicted octanol–water partition coefficient (Wildman–Crippen LogP) is 3.82. The van der Waals surface area contributed by atoms with Crippen LogP contribution in [0, 0.1) is 6.92 Å². The van der Waals surface area contributed by atoms with Crippen molar-refractivity contribution in [2.24, 2.45) is 0 Å². The van der Waals surface area contributed by atoms with E-state index in [1.807, 2.05) is 48.2 Å². The van der Waals surface area contributed by atoms with Crippen molar-refractivity contribution < 1.29 is 9.59 Å². The van der Waals surface area contributed by atoms with Crippen LogP contribution < -0.4 is 5.32 Å². The Morgan fingerprint density at radius 2 is 1.97 bits per heavy atom. The van der Waals surface area contributed by atoms with Crippen molar-refractivity contribution in [3.63, 3.8) is 0 Å². The van der Waals surface area contributed by atoms with Gasteiger partial charge in [0.1, 0.15) is 5.69 Å². The van der Waals surface area contributed by atoms with Gasteiger partial charge in [-0.3, -0.25) is 14.3 Å². The Labute approximate surface area is 180 Å². The van der Waals surface area contributed by atoms with Crippen LogP contribution in [0.15, 0.2) is 54.6 Å². The second-order valence-corrected chi connectivity index (χ2v) is 7.89. The van der Waals surface area contributed by atoms with Gasteiger partial charge in [-0.25, -0.2) is 0 Å². The third-order valence-electron chi connectivity index (χ3n) is 5.17. The van der Waals surface area contributed by atoms with Gasteiger partial charge in [-0.2, -0.15) is 5.10 Å². The number of benzene rings is 2. The van der Waals surface area contributed by atoms with Gasteiger partial charge >= 0.3 is 0 Å². The van der Waals surface area contributed by atoms with Gasteiger partial charge in [-0.05, 0) is 30.5 Å². The largest absolute Gasteiger partial charge is 0.347 e. The lowest BCUT2D eigenvalue weighted by atomic mass is 10.1. The fourth-order valence-electron chi connectivity index (χ4n) is 3.63. The molecule has 3 aromatic rings. The Morgan fingerprint density at radius 3 is 2.77 bits per heavy atom. The van der Waals surface area contributed by atoms with Crippen molar-refractivity contribution in [2.45, 2.75) is 33.0 Å². The molecule has 6 nitrogen and oxygen atoms in total. The Kier molecular flexibility index (Phi) is 5.86. The molecule has 2 heterocycles. The van der Waals surface area contributed by atoms with Crippen molar-refractivity contribution in [1.29, 1.82) is 0 Å². The Bertz CT molecular complexity index is 1090. The van der Waals surface area contributed by atoms with Crippen LogP contribution in [-0.4, -0.2) is 33.0 Å². The number of fused-ring (bicyclic) bond motifs is 1. The van der Waals surface area contributed by atoms with Crippen LogP contribution in [0.4, 0.5) is 0 Å². The van der Waals surface area contributed by atoms with E-state index in [-0.39, 0.29) is 17.5 Å². The fraction of sp³-hybridized carbons (Fsp3) is 0.261. The van der Waals surface area contributed by atoms with Crippen LogP contribution in [0.3, 0.4) is 0 Å². The average Bonchev–Trinajstić information content (AvgIpc) is 3.10. The number of aryl methyl sites for hydroxylation is 2. The zero-order valence-electron chi connectivity index (χ0n) is 16.8. The normalized spacial score (nSPS) is 13.7. The summed E-state index contributed by atoms with van der Waals surface area (Å²) in [6, 6.07) is 17.1. The summed E-state index contributed by atoms with van der Waals surface area (Å²) in [6.07, 6.45) is 0.785. The van der Waals surface area contributed by atoms with Gasteiger partial charge in [-0.1, -0.05) is 59.6 Å². The summed E-state index contributed by atoms with van der Waals surface area (Å²) in [5.41, 5.74) is 3.77. The zero-order valence-corrected chi connectivity index (χ0v) is 17.5. The second kappa shape index (κ2) is 8.71. The monoisotopic (exact) mass is 422 g/mol. The number of hydrogen-bond donors (Lipinski definition) is 1. The Morgan fingerprint density at radius 1 is 1.13 bits per heavy atom. The number of nitrogens with one attached hydrogen (secondary N) is 1. The first-order chi connectivity index (χ1) is 14.5. The van der Waals surface area contributed by atoms with E-state index in [0.717, 1.165) is 23.1 Å². The summed E-state index contributed by atoms with van der Waals surface area (Å²) in [6.45, 7) is 4.14. The highest BCUT2D eigenvalue weighted by atomic mass is 35.5. The molecule has 2 amide bonds. The van der Waals surface area contributed by atoms with Gasteiger partial charge in [0.05, 0.1) is 0 Å². The molecule has 0 fully saturated rings. The number of halogens is 1. The first-order valence-corrected chi connectivity index (χ1v) is 10.3. The van der Waals surface area contributed by atoms with Gasteiger partial charge in [0.25, 0.3) is 11.8 Å². The van der Waals surface area contributed by atoms with Gasteiger partial charge in [0, 0.05) is 37.3 Å². The Hall–Kier alpha value is -3.12. The van der Waals surface area contributed by atoms with Gasteiger partial charge in [0.2, 0.25) is 0 Å². The van der Waals surface area contributed by atoms with Crippen LogP contribution in [0.25, 0.3) is 0 Å². The molecule has 30 heavy (non-hydrogen) atoms. The van der Waals surface area contributed by atoms with E-state index in [9.17, 15) is 9.59 Å². The molecule has 4 rings (SSSR count). The molecule has 0 saturated carbocycles. The third kappa shape index (κ3) is 4.39. The van der Waals surface area contributed by atoms with E-state index < -0.39 is 0 Å². The summed E-state index contributed by atoms with van der Waals surface area (Å²) in [4.78, 5) is 27.5. The molecule has 0 spiro atoms. The molecule has 0 atom stereocenters. The highest BCUT2D eigenvalue weighted by Crippen LogP contribution is 2.18. The van der Waals surface area contributed by atoms with E-state index >= 15 is 0 Å². The first-order valence-electron chi connectivity index (χ1n) is 9.95. The lowest BCUT2D eigenvalue weighted by molar-refractivity contribution is 0.0745. The van der Waals surface area contributed by atoms with Crippen LogP contribution in [0.2, 0.25) is 5.02 Å². The maximum atomic E-state index is 13.1. The van der Waals surface area contributed by atoms with Crippen molar-refractivity contribution in [2.75, 3.05) is 6.54 Å². The molecule has 1 aromatic heterocycles. The quantitative estimate of drug-likeness (QED) is 0.679. The number of amides is 2. The van der Waals surface area contributed by atoms with Crippen LogP contribution in [-0.2, 0) is 19.6 Å². The number of carbonyl (C=O) groups is 2. The molecule has 2 aromatic carbocycles. The van der Waals surface area contributed by atoms with Gasteiger partial charge in [0.15, 0.2) is 5.69 Å². The molecule has 1 N–H and O–H groups in total. The summed E-state index contributed by atoms with van der Waals surface area (Å²) in [5, 5.41) is 7.80. The number of nitrogens with zero attached hydrogens (tertiary/aromatic N) is 3. The van der Waals surface area contributed by atoms with Crippen LogP contribution >= 0.6 is 11.6 Å². The van der Waals surface area contributed by atoms with E-state index in [1.165, 1.54) is 0 Å². The predicted molar refractivity (Wildman–Crippen MR) is 115 cm³/mol. The van der Waals surface area contributed by atoms with E-state index in [2.05, 4.69) is 16.5 Å². The fourth-order valence-corrected chi connectivity index (χ4v) is 3.84. The molecule has 154 valence electrons. The van der Waals surface area contributed by atoms with Crippen molar-refractivity contribution in [3.05, 3.63) is 87.7 Å². The van der Waals surface area contributed by atoms with E-state index in [0.29, 0.717) is 36.9 Å². The summed E-state index contributed by atoms with van der Waals surface area (Å²) >= 11 is 6.14. The molecule has 0 unspecified atom stereocenters.